The van der Waals surface area contributed by atoms with Crippen molar-refractivity contribution in [2.24, 2.45) is 0 Å². The fourth-order valence-corrected chi connectivity index (χ4v) is 4.90. The number of hydrogen-bond donors (Lipinski definition) is 3. The summed E-state index contributed by atoms with van der Waals surface area (Å²) in [6.07, 6.45) is -1.20. The first kappa shape index (κ1) is 32.0. The molecule has 1 aliphatic rings. The molecule has 1 heterocycles. The van der Waals surface area contributed by atoms with Gasteiger partial charge in [0, 0.05) is 18.1 Å². The number of nitrogens with one attached hydrogen (secondary N) is 2. The lowest BCUT2D eigenvalue weighted by molar-refractivity contribution is -0.135. The van der Waals surface area contributed by atoms with E-state index < -0.39 is 58.1 Å². The number of amides is 2. The summed E-state index contributed by atoms with van der Waals surface area (Å²) in [6, 6.07) is 9.09. The highest BCUT2D eigenvalue weighted by atomic mass is 32.2. The topological polar surface area (TPSA) is 170 Å². The van der Waals surface area contributed by atoms with Gasteiger partial charge in [0.05, 0.1) is 6.04 Å². The summed E-state index contributed by atoms with van der Waals surface area (Å²) < 4.78 is 65.8. The first-order valence-corrected chi connectivity index (χ1v) is 14.1. The minimum Gasteiger partial charge on any atom is -0.491 e. The third-order valence-corrected chi connectivity index (χ3v) is 6.79. The van der Waals surface area contributed by atoms with Crippen molar-refractivity contribution < 1.29 is 51.2 Å². The molecule has 1 atom stereocenters. The molecule has 0 radical (unpaired) electrons. The number of nitrogens with zero attached hydrogens (tertiary/aromatic N) is 1. The van der Waals surface area contributed by atoms with Crippen LogP contribution in [0.4, 0.5) is 19.7 Å². The van der Waals surface area contributed by atoms with E-state index in [1.54, 1.807) is 55.8 Å². The van der Waals surface area contributed by atoms with Crippen LogP contribution in [-0.2, 0) is 37.5 Å². The van der Waals surface area contributed by atoms with Gasteiger partial charge in [-0.15, -0.1) is 0 Å². The Bertz CT molecular complexity index is 1430. The van der Waals surface area contributed by atoms with Crippen LogP contribution in [0.15, 0.2) is 49.1 Å². The predicted molar refractivity (Wildman–Crippen MR) is 148 cm³/mol. The summed E-state index contributed by atoms with van der Waals surface area (Å²) in [5, 5.41) is 12.1. The first-order chi connectivity index (χ1) is 19.7. The van der Waals surface area contributed by atoms with Gasteiger partial charge in [0.25, 0.3) is 0 Å². The average molecular weight is 610 g/mol. The molecule has 0 unspecified atom stereocenters. The van der Waals surface area contributed by atoms with E-state index >= 15 is 4.39 Å². The van der Waals surface area contributed by atoms with Crippen LogP contribution in [0.25, 0.3) is 0 Å². The van der Waals surface area contributed by atoms with Crippen molar-refractivity contribution in [3.8, 4) is 11.5 Å². The summed E-state index contributed by atoms with van der Waals surface area (Å²) in [4.78, 5) is 36.1. The normalized spacial score (nSPS) is 14.4. The monoisotopic (exact) mass is 609 g/mol. The third kappa shape index (κ3) is 8.73. The molecule has 0 bridgehead atoms. The van der Waals surface area contributed by atoms with Crippen LogP contribution in [-0.4, -0.2) is 63.1 Å². The molecule has 0 spiro atoms. The van der Waals surface area contributed by atoms with Crippen LogP contribution in [0.2, 0.25) is 0 Å². The van der Waals surface area contributed by atoms with Gasteiger partial charge in [0.15, 0.2) is 11.6 Å². The van der Waals surface area contributed by atoms with Crippen LogP contribution in [0.3, 0.4) is 0 Å². The standard InChI is InChI=1S/C27H32FN3O10S/c1-5-11-38-26(35)30-42(36,37)31(14-22(32)33)24-21(39-15-17-9-7-6-8-10-17)13-20-19(23(24)28)12-18(16-40-20)29-25(34)41-27(2,3)4/h5-10,13,18H,1,11-12,14-16H2,2-4H3,(H,29,34)(H,30,35)(H,32,33)/t18-/m0/s1. The molecule has 0 fully saturated rings. The summed E-state index contributed by atoms with van der Waals surface area (Å²) in [5.41, 5.74) is -1.11. The highest BCUT2D eigenvalue weighted by Gasteiger charge is 2.37. The Morgan fingerprint density at radius 1 is 1.21 bits per heavy atom. The number of carbonyl (C=O) groups excluding carboxylic acids is 2. The average Bonchev–Trinajstić information content (AvgIpc) is 2.89. The Morgan fingerprint density at radius 2 is 1.90 bits per heavy atom. The number of alkyl carbamates (subject to hydrolysis) is 1. The first-order valence-electron chi connectivity index (χ1n) is 12.6. The Labute approximate surface area is 242 Å². The molecule has 2 aromatic rings. The molecule has 0 saturated carbocycles. The molecular formula is C27H32FN3O10S. The van der Waals surface area contributed by atoms with Crippen molar-refractivity contribution in [2.75, 3.05) is 24.1 Å². The van der Waals surface area contributed by atoms with Gasteiger partial charge in [-0.1, -0.05) is 43.0 Å². The second-order valence-electron chi connectivity index (χ2n) is 10.0. The SMILES string of the molecule is C=CCOC(=O)NS(=O)(=O)N(CC(=O)O)c1c(OCc2ccccc2)cc2c(c1F)C[C@H](NC(=O)OC(C)(C)C)CO2. The number of benzene rings is 2. The van der Waals surface area contributed by atoms with Gasteiger partial charge in [-0.25, -0.2) is 23.0 Å². The number of fused-ring (bicyclic) bond motifs is 1. The summed E-state index contributed by atoms with van der Waals surface area (Å²) in [7, 11) is -5.06. The Balaban J connectivity index is 2.06. The summed E-state index contributed by atoms with van der Waals surface area (Å²) >= 11 is 0. The van der Waals surface area contributed by atoms with Crippen LogP contribution in [0.1, 0.15) is 31.9 Å². The van der Waals surface area contributed by atoms with Crippen LogP contribution in [0.5, 0.6) is 11.5 Å². The quantitative estimate of drug-likeness (QED) is 0.321. The largest absolute Gasteiger partial charge is 0.491 e. The lowest BCUT2D eigenvalue weighted by atomic mass is 10.0. The van der Waals surface area contributed by atoms with E-state index in [0.29, 0.717) is 5.56 Å². The van der Waals surface area contributed by atoms with Crippen molar-refractivity contribution in [1.82, 2.24) is 10.0 Å². The van der Waals surface area contributed by atoms with Gasteiger partial charge < -0.3 is 29.4 Å². The minimum atomic E-state index is -5.06. The molecule has 0 aromatic heterocycles. The second kappa shape index (κ2) is 13.4. The number of aliphatic carboxylic acids is 1. The van der Waals surface area contributed by atoms with Crippen molar-refractivity contribution >= 4 is 34.1 Å². The number of carboxylic acids is 1. The molecule has 2 aromatic carbocycles. The molecule has 3 rings (SSSR count). The maximum absolute atomic E-state index is 16.3. The smallest absolute Gasteiger partial charge is 0.422 e. The maximum atomic E-state index is 16.3. The molecule has 15 heteroatoms. The fourth-order valence-electron chi connectivity index (χ4n) is 3.82. The van der Waals surface area contributed by atoms with Gasteiger partial charge in [-0.2, -0.15) is 8.42 Å². The summed E-state index contributed by atoms with van der Waals surface area (Å²) in [5.74, 6) is -3.24. The van der Waals surface area contributed by atoms with Crippen molar-refractivity contribution in [3.63, 3.8) is 0 Å². The van der Waals surface area contributed by atoms with E-state index in [0.717, 1.165) is 0 Å². The van der Waals surface area contributed by atoms with Crippen molar-refractivity contribution in [1.29, 1.82) is 0 Å². The second-order valence-corrected chi connectivity index (χ2v) is 11.6. The molecule has 42 heavy (non-hydrogen) atoms. The molecule has 0 aliphatic carbocycles. The minimum absolute atomic E-state index is 0.00687. The zero-order valence-corrected chi connectivity index (χ0v) is 24.0. The lowest BCUT2D eigenvalue weighted by Crippen LogP contribution is -2.47. The molecule has 228 valence electrons. The predicted octanol–water partition coefficient (Wildman–Crippen LogP) is 3.28. The van der Waals surface area contributed by atoms with Crippen molar-refractivity contribution in [2.45, 2.75) is 45.4 Å². The number of hydrogen-bond acceptors (Lipinski definition) is 9. The van der Waals surface area contributed by atoms with Gasteiger partial charge in [-0.05, 0) is 26.3 Å². The van der Waals surface area contributed by atoms with Crippen LogP contribution in [0, 0.1) is 5.82 Å². The highest BCUT2D eigenvalue weighted by Crippen LogP contribution is 2.42. The van der Waals surface area contributed by atoms with E-state index in [2.05, 4.69) is 16.6 Å². The zero-order chi connectivity index (χ0) is 31.1. The number of rotatable bonds is 11. The maximum Gasteiger partial charge on any atom is 0.422 e. The number of carbonyl (C=O) groups is 3. The third-order valence-electron chi connectivity index (χ3n) is 5.48. The Kier molecular flexibility index (Phi) is 10.2. The lowest BCUT2D eigenvalue weighted by Gasteiger charge is -2.31. The van der Waals surface area contributed by atoms with E-state index in [1.165, 1.54) is 12.1 Å². The van der Waals surface area contributed by atoms with Crippen molar-refractivity contribution in [3.05, 3.63) is 66.0 Å². The van der Waals surface area contributed by atoms with Gasteiger partial charge in [-0.3, -0.25) is 4.79 Å². The van der Waals surface area contributed by atoms with E-state index in [4.69, 9.17) is 14.2 Å². The Morgan fingerprint density at radius 3 is 2.52 bits per heavy atom. The fraction of sp³-hybridized carbons (Fsp3) is 0.370. The molecule has 0 saturated heterocycles. The van der Waals surface area contributed by atoms with E-state index in [-0.39, 0.29) is 47.6 Å². The number of ether oxygens (including phenoxy) is 4. The van der Waals surface area contributed by atoms with Gasteiger partial charge in [0.2, 0.25) is 0 Å². The molecular weight excluding hydrogens is 577 g/mol. The molecule has 13 nitrogen and oxygen atoms in total. The van der Waals surface area contributed by atoms with E-state index in [9.17, 15) is 27.9 Å². The highest BCUT2D eigenvalue weighted by molar-refractivity contribution is 7.91. The molecule has 2 amide bonds. The van der Waals surface area contributed by atoms with Crippen LogP contribution < -0.4 is 23.8 Å². The number of carboxylic acid groups (broad SMARTS) is 1. The Hall–Kier alpha value is -4.53. The van der Waals surface area contributed by atoms with Crippen LogP contribution >= 0.6 is 0 Å². The van der Waals surface area contributed by atoms with E-state index in [1.807, 2.05) is 0 Å². The summed E-state index contributed by atoms with van der Waals surface area (Å²) in [6.45, 7) is 6.49. The van der Waals surface area contributed by atoms with Gasteiger partial charge >= 0.3 is 28.4 Å². The number of halogens is 1. The zero-order valence-electron chi connectivity index (χ0n) is 23.2. The molecule has 3 N–H and O–H groups in total. The van der Waals surface area contributed by atoms with Gasteiger partial charge in [0.1, 0.15) is 43.4 Å². The number of anilines is 1. The molecule has 1 aliphatic heterocycles.